The Labute approximate surface area is 219 Å². The number of nitrogen functional groups attached to an aromatic ring is 1. The van der Waals surface area contributed by atoms with E-state index in [1.54, 1.807) is 6.07 Å². The van der Waals surface area contributed by atoms with E-state index < -0.39 is 11.3 Å². The van der Waals surface area contributed by atoms with Crippen molar-refractivity contribution < 1.29 is 9.59 Å². The van der Waals surface area contributed by atoms with Crippen LogP contribution in [0.3, 0.4) is 0 Å². The number of hydrogen-bond acceptors (Lipinski definition) is 7. The maximum absolute atomic E-state index is 13.4. The molecule has 5 rings (SSSR count). The fourth-order valence-electron chi connectivity index (χ4n) is 4.49. The van der Waals surface area contributed by atoms with Crippen LogP contribution in [0, 0.1) is 0 Å². The zero-order valence-electron chi connectivity index (χ0n) is 19.5. The number of nitrogens with one attached hydrogen (secondary N) is 2. The van der Waals surface area contributed by atoms with Gasteiger partial charge in [0.2, 0.25) is 0 Å². The van der Waals surface area contributed by atoms with Gasteiger partial charge in [0, 0.05) is 36.3 Å². The lowest BCUT2D eigenvalue weighted by atomic mass is 10.1. The summed E-state index contributed by atoms with van der Waals surface area (Å²) in [5.74, 6) is -0.780. The molecule has 0 spiro atoms. The lowest BCUT2D eigenvalue weighted by molar-refractivity contribution is 0.101. The molecular formula is C26H24BrN5O3S. The van der Waals surface area contributed by atoms with E-state index in [9.17, 15) is 14.4 Å². The van der Waals surface area contributed by atoms with Gasteiger partial charge in [0.25, 0.3) is 11.5 Å². The molecule has 0 saturated carbocycles. The number of amides is 1. The van der Waals surface area contributed by atoms with Crippen LogP contribution in [0.25, 0.3) is 10.9 Å². The third kappa shape index (κ3) is 4.38. The lowest BCUT2D eigenvalue weighted by Crippen LogP contribution is -2.46. The Balaban J connectivity index is 1.56. The van der Waals surface area contributed by atoms with E-state index in [4.69, 9.17) is 5.73 Å². The first-order chi connectivity index (χ1) is 17.3. The van der Waals surface area contributed by atoms with Crippen LogP contribution >= 0.6 is 27.3 Å². The highest BCUT2D eigenvalue weighted by molar-refractivity contribution is 9.10. The molecule has 3 heterocycles. The minimum Gasteiger partial charge on any atom is -0.397 e. The number of thiophene rings is 1. The summed E-state index contributed by atoms with van der Waals surface area (Å²) < 4.78 is 0.739. The second-order valence-electron chi connectivity index (χ2n) is 8.53. The number of halogens is 1. The van der Waals surface area contributed by atoms with Gasteiger partial charge in [0.05, 0.1) is 22.3 Å². The topological polar surface area (TPSA) is 112 Å². The van der Waals surface area contributed by atoms with Gasteiger partial charge in [-0.2, -0.15) is 0 Å². The number of fused-ring (bicyclic) bond motifs is 1. The summed E-state index contributed by atoms with van der Waals surface area (Å²) in [6, 6.07) is 17.5. The van der Waals surface area contributed by atoms with E-state index in [0.29, 0.717) is 34.6 Å². The highest BCUT2D eigenvalue weighted by atomic mass is 79.9. The number of piperazine rings is 1. The number of anilines is 4. The van der Waals surface area contributed by atoms with Crippen molar-refractivity contribution in [2.24, 2.45) is 0 Å². The molecule has 4 aromatic rings. The van der Waals surface area contributed by atoms with Gasteiger partial charge in [-0.05, 0) is 47.1 Å². The van der Waals surface area contributed by atoms with Crippen LogP contribution in [0.4, 0.5) is 22.1 Å². The second-order valence-corrected chi connectivity index (χ2v) is 10.4. The minimum absolute atomic E-state index is 0.0813. The molecule has 1 aliphatic rings. The SMILES string of the molecule is CC(=O)c1c(N)c2c(N3CCN(c4ccccc4)CC3)sc(C(=O)Nc3ccccc3Br)c2[nH]c1=O. The van der Waals surface area contributed by atoms with Gasteiger partial charge in [-0.25, -0.2) is 0 Å². The minimum atomic E-state index is -0.597. The molecule has 4 N–H and O–H groups in total. The van der Waals surface area contributed by atoms with Crippen LogP contribution in [0.2, 0.25) is 0 Å². The molecule has 36 heavy (non-hydrogen) atoms. The first-order valence-electron chi connectivity index (χ1n) is 11.4. The van der Waals surface area contributed by atoms with Crippen molar-refractivity contribution in [2.75, 3.05) is 47.0 Å². The standard InChI is InChI=1S/C26H24BrN5O3S/c1-15(33)19-21(28)20-22(30-24(19)34)23(25(35)29-18-10-6-5-9-17(18)27)36-26(20)32-13-11-31(12-14-32)16-7-3-2-4-8-16/h2-10H,11-14,28H2,1H3,(H,29,35)(H,30,34). The molecule has 0 atom stereocenters. The van der Waals surface area contributed by atoms with Crippen molar-refractivity contribution in [1.29, 1.82) is 0 Å². The number of rotatable bonds is 5. The Morgan fingerprint density at radius 2 is 1.64 bits per heavy atom. The summed E-state index contributed by atoms with van der Waals surface area (Å²) in [6.45, 7) is 4.28. The normalized spacial score (nSPS) is 13.7. The van der Waals surface area contributed by atoms with Crippen molar-refractivity contribution in [3.05, 3.63) is 79.9 Å². The summed E-state index contributed by atoms with van der Waals surface area (Å²) in [4.78, 5) is 45.9. The zero-order valence-corrected chi connectivity index (χ0v) is 21.9. The number of pyridine rings is 1. The molecule has 1 fully saturated rings. The number of nitrogens with zero attached hydrogens (tertiary/aromatic N) is 2. The first kappa shape index (κ1) is 24.1. The molecule has 1 aliphatic heterocycles. The predicted molar refractivity (Wildman–Crippen MR) is 150 cm³/mol. The van der Waals surface area contributed by atoms with E-state index >= 15 is 0 Å². The Hall–Kier alpha value is -3.63. The van der Waals surface area contributed by atoms with Gasteiger partial charge in [-0.15, -0.1) is 11.3 Å². The molecule has 2 aromatic heterocycles. The summed E-state index contributed by atoms with van der Waals surface area (Å²) in [5.41, 5.74) is 7.97. The van der Waals surface area contributed by atoms with Crippen molar-refractivity contribution in [2.45, 2.75) is 6.92 Å². The predicted octanol–water partition coefficient (Wildman–Crippen LogP) is 4.72. The van der Waals surface area contributed by atoms with Crippen LogP contribution in [0.5, 0.6) is 0 Å². The molecule has 1 amide bonds. The van der Waals surface area contributed by atoms with Crippen LogP contribution in [0.15, 0.2) is 63.9 Å². The number of carbonyl (C=O) groups is 2. The summed E-state index contributed by atoms with van der Waals surface area (Å²) >= 11 is 4.72. The number of aromatic nitrogens is 1. The Kier molecular flexibility index (Phi) is 6.55. The molecule has 8 nitrogen and oxygen atoms in total. The Morgan fingerprint density at radius 3 is 2.31 bits per heavy atom. The smallest absolute Gasteiger partial charge is 0.268 e. The summed E-state index contributed by atoms with van der Waals surface area (Å²) in [6.07, 6.45) is 0. The van der Waals surface area contributed by atoms with Crippen LogP contribution in [-0.2, 0) is 0 Å². The summed E-state index contributed by atoms with van der Waals surface area (Å²) in [5, 5.41) is 4.21. The number of ketones is 1. The highest BCUT2D eigenvalue weighted by Crippen LogP contribution is 2.42. The molecule has 184 valence electrons. The van der Waals surface area contributed by atoms with Gasteiger partial charge >= 0.3 is 0 Å². The van der Waals surface area contributed by atoms with E-state index in [1.807, 2.05) is 36.4 Å². The number of carbonyl (C=O) groups excluding carboxylic acids is 2. The quantitative estimate of drug-likeness (QED) is 0.302. The molecule has 0 unspecified atom stereocenters. The average molecular weight is 566 g/mol. The molecule has 1 saturated heterocycles. The van der Waals surface area contributed by atoms with E-state index in [-0.39, 0.29) is 17.2 Å². The Morgan fingerprint density at radius 1 is 1.00 bits per heavy atom. The fraction of sp³-hybridized carbons (Fsp3) is 0.192. The summed E-state index contributed by atoms with van der Waals surface area (Å²) in [7, 11) is 0. The number of Topliss-reactive ketones (excluding diaryl/α,β-unsaturated/α-hetero) is 1. The van der Waals surface area contributed by atoms with Crippen molar-refractivity contribution in [3.63, 3.8) is 0 Å². The van der Waals surface area contributed by atoms with E-state index in [0.717, 1.165) is 28.3 Å². The second kappa shape index (κ2) is 9.79. The number of aromatic amines is 1. The molecule has 0 radical (unpaired) electrons. The van der Waals surface area contributed by atoms with Gasteiger partial charge in [0.15, 0.2) is 5.78 Å². The van der Waals surface area contributed by atoms with Crippen LogP contribution in [-0.4, -0.2) is 42.9 Å². The van der Waals surface area contributed by atoms with Crippen molar-refractivity contribution in [1.82, 2.24) is 4.98 Å². The van der Waals surface area contributed by atoms with Gasteiger partial charge in [0.1, 0.15) is 15.4 Å². The number of nitrogens with two attached hydrogens (primary N) is 1. The fourth-order valence-corrected chi connectivity index (χ4v) is 6.09. The van der Waals surface area contributed by atoms with Crippen LogP contribution < -0.4 is 26.4 Å². The first-order valence-corrected chi connectivity index (χ1v) is 13.1. The molecule has 10 heteroatoms. The third-order valence-electron chi connectivity index (χ3n) is 6.26. The van der Waals surface area contributed by atoms with Gasteiger partial charge in [-0.3, -0.25) is 14.4 Å². The van der Waals surface area contributed by atoms with E-state index in [1.165, 1.54) is 18.3 Å². The van der Waals surface area contributed by atoms with Gasteiger partial charge < -0.3 is 25.8 Å². The largest absolute Gasteiger partial charge is 0.397 e. The van der Waals surface area contributed by atoms with Crippen LogP contribution in [0.1, 0.15) is 27.0 Å². The molecule has 0 bridgehead atoms. The number of hydrogen-bond donors (Lipinski definition) is 3. The number of benzene rings is 2. The number of para-hydroxylation sites is 2. The lowest BCUT2D eigenvalue weighted by Gasteiger charge is -2.37. The molecule has 2 aromatic carbocycles. The van der Waals surface area contributed by atoms with Gasteiger partial charge in [-0.1, -0.05) is 30.3 Å². The molecular weight excluding hydrogens is 542 g/mol. The highest BCUT2D eigenvalue weighted by Gasteiger charge is 2.28. The average Bonchev–Trinajstić information content (AvgIpc) is 3.25. The van der Waals surface area contributed by atoms with Crippen molar-refractivity contribution in [3.8, 4) is 0 Å². The third-order valence-corrected chi connectivity index (χ3v) is 8.20. The maximum Gasteiger partial charge on any atom is 0.268 e. The monoisotopic (exact) mass is 565 g/mol. The Bertz CT molecular complexity index is 1520. The zero-order chi connectivity index (χ0) is 25.4. The number of H-pyrrole nitrogens is 1. The maximum atomic E-state index is 13.4. The molecule has 0 aliphatic carbocycles. The van der Waals surface area contributed by atoms with E-state index in [2.05, 4.69) is 48.2 Å². The van der Waals surface area contributed by atoms with Crippen molar-refractivity contribution >= 4 is 71.9 Å².